The van der Waals surface area contributed by atoms with Crippen LogP contribution in [0.3, 0.4) is 0 Å². The van der Waals surface area contributed by atoms with Gasteiger partial charge in [0.1, 0.15) is 0 Å². The van der Waals surface area contributed by atoms with Gasteiger partial charge in [-0.2, -0.15) is 11.8 Å². The molecule has 0 radical (unpaired) electrons. The molecule has 0 aromatic carbocycles. The Balaban J connectivity index is 2.49. The van der Waals surface area contributed by atoms with Crippen molar-refractivity contribution >= 4 is 11.8 Å². The van der Waals surface area contributed by atoms with Crippen LogP contribution in [0.1, 0.15) is 20.3 Å². The van der Waals surface area contributed by atoms with Crippen LogP contribution in [0, 0.1) is 0 Å². The van der Waals surface area contributed by atoms with E-state index in [9.17, 15) is 0 Å². The zero-order valence-electron chi connectivity index (χ0n) is 10.2. The molecule has 2 unspecified atom stereocenters. The van der Waals surface area contributed by atoms with Crippen molar-refractivity contribution < 1.29 is 4.74 Å². The summed E-state index contributed by atoms with van der Waals surface area (Å²) in [6, 6.07) is 0. The molecule has 1 rings (SSSR count). The number of likely N-dealkylation sites (N-methyl/N-ethyl adjacent to an activating group) is 1. The van der Waals surface area contributed by atoms with E-state index in [4.69, 9.17) is 10.5 Å². The Hall–Kier alpha value is 0.230. The number of thioether (sulfide) groups is 1. The molecule has 1 saturated heterocycles. The van der Waals surface area contributed by atoms with Gasteiger partial charge in [0.2, 0.25) is 0 Å². The summed E-state index contributed by atoms with van der Waals surface area (Å²) in [5.41, 5.74) is 6.16. The molecule has 0 spiro atoms. The first-order valence-electron chi connectivity index (χ1n) is 5.78. The largest absolute Gasteiger partial charge is 0.380 e. The fourth-order valence-corrected chi connectivity index (χ4v) is 3.79. The van der Waals surface area contributed by atoms with Crippen molar-refractivity contribution in [3.05, 3.63) is 0 Å². The van der Waals surface area contributed by atoms with Crippen molar-refractivity contribution in [2.75, 3.05) is 39.1 Å². The molecule has 0 bridgehead atoms. The molecule has 4 heteroatoms. The van der Waals surface area contributed by atoms with Crippen LogP contribution >= 0.6 is 11.8 Å². The lowest BCUT2D eigenvalue weighted by Gasteiger charge is -2.41. The first kappa shape index (κ1) is 13.3. The van der Waals surface area contributed by atoms with Crippen molar-refractivity contribution in [3.63, 3.8) is 0 Å². The van der Waals surface area contributed by atoms with Crippen LogP contribution in [0.15, 0.2) is 0 Å². The fraction of sp³-hybridized carbons (Fsp3) is 1.00. The quantitative estimate of drug-likeness (QED) is 0.698. The van der Waals surface area contributed by atoms with E-state index in [1.54, 1.807) is 0 Å². The molecule has 0 aromatic heterocycles. The van der Waals surface area contributed by atoms with E-state index in [-0.39, 0.29) is 5.54 Å². The number of nitrogens with two attached hydrogens (primary N) is 1. The molecule has 1 heterocycles. The second-order valence-corrected chi connectivity index (χ2v) is 5.64. The third-order valence-electron chi connectivity index (χ3n) is 3.55. The highest BCUT2D eigenvalue weighted by molar-refractivity contribution is 8.00. The number of ether oxygens (including phenoxy) is 1. The fourth-order valence-electron chi connectivity index (χ4n) is 2.26. The SMILES string of the molecule is CCOCCN(C)C1(CN)CCSC1C. The summed E-state index contributed by atoms with van der Waals surface area (Å²) in [5.74, 6) is 1.23. The maximum Gasteiger partial charge on any atom is 0.0593 e. The van der Waals surface area contributed by atoms with Gasteiger partial charge in [-0.1, -0.05) is 6.92 Å². The smallest absolute Gasteiger partial charge is 0.0593 e. The highest BCUT2D eigenvalue weighted by Crippen LogP contribution is 2.38. The van der Waals surface area contributed by atoms with Crippen molar-refractivity contribution in [2.24, 2.45) is 5.73 Å². The minimum absolute atomic E-state index is 0.196. The van der Waals surface area contributed by atoms with Crippen molar-refractivity contribution in [1.82, 2.24) is 4.90 Å². The van der Waals surface area contributed by atoms with E-state index in [2.05, 4.69) is 18.9 Å². The van der Waals surface area contributed by atoms with E-state index in [0.717, 1.165) is 26.3 Å². The molecule has 90 valence electrons. The van der Waals surface area contributed by atoms with Crippen LogP contribution in [-0.2, 0) is 4.74 Å². The average Bonchev–Trinajstić information content (AvgIpc) is 2.61. The Labute approximate surface area is 97.7 Å². The molecule has 0 saturated carbocycles. The zero-order chi connectivity index (χ0) is 11.3. The Morgan fingerprint density at radius 2 is 2.33 bits per heavy atom. The summed E-state index contributed by atoms with van der Waals surface area (Å²) in [6.07, 6.45) is 1.21. The van der Waals surface area contributed by atoms with Gasteiger partial charge in [0.25, 0.3) is 0 Å². The number of hydrogen-bond acceptors (Lipinski definition) is 4. The van der Waals surface area contributed by atoms with Crippen LogP contribution in [0.25, 0.3) is 0 Å². The third-order valence-corrected chi connectivity index (χ3v) is 4.93. The Morgan fingerprint density at radius 3 is 2.80 bits per heavy atom. The van der Waals surface area contributed by atoms with Gasteiger partial charge in [-0.15, -0.1) is 0 Å². The van der Waals surface area contributed by atoms with E-state index in [1.807, 2.05) is 18.7 Å². The number of hydrogen-bond donors (Lipinski definition) is 1. The summed E-state index contributed by atoms with van der Waals surface area (Å²) >= 11 is 2.03. The van der Waals surface area contributed by atoms with E-state index in [1.165, 1.54) is 12.2 Å². The van der Waals surface area contributed by atoms with Crippen LogP contribution in [-0.4, -0.2) is 54.8 Å². The first-order chi connectivity index (χ1) is 7.17. The van der Waals surface area contributed by atoms with Gasteiger partial charge in [-0.05, 0) is 26.1 Å². The lowest BCUT2D eigenvalue weighted by atomic mass is 9.91. The highest BCUT2D eigenvalue weighted by Gasteiger charge is 2.42. The summed E-state index contributed by atoms with van der Waals surface area (Å²) in [6.45, 7) is 7.67. The topological polar surface area (TPSA) is 38.5 Å². The lowest BCUT2D eigenvalue weighted by molar-refractivity contribution is 0.0697. The van der Waals surface area contributed by atoms with Gasteiger partial charge in [0.05, 0.1) is 6.61 Å². The van der Waals surface area contributed by atoms with Gasteiger partial charge in [-0.25, -0.2) is 0 Å². The normalized spacial score (nSPS) is 31.4. The molecule has 15 heavy (non-hydrogen) atoms. The summed E-state index contributed by atoms with van der Waals surface area (Å²) < 4.78 is 5.40. The molecule has 2 N–H and O–H groups in total. The predicted molar refractivity (Wildman–Crippen MR) is 67.4 cm³/mol. The predicted octanol–water partition coefficient (Wildman–Crippen LogP) is 1.18. The highest BCUT2D eigenvalue weighted by atomic mass is 32.2. The van der Waals surface area contributed by atoms with Gasteiger partial charge < -0.3 is 10.5 Å². The van der Waals surface area contributed by atoms with Gasteiger partial charge in [0.15, 0.2) is 0 Å². The van der Waals surface area contributed by atoms with E-state index in [0.29, 0.717) is 5.25 Å². The molecular weight excluding hydrogens is 208 g/mol. The Morgan fingerprint density at radius 1 is 1.60 bits per heavy atom. The van der Waals surface area contributed by atoms with Crippen LogP contribution in [0.4, 0.5) is 0 Å². The Bertz CT molecular complexity index is 191. The van der Waals surface area contributed by atoms with Crippen LogP contribution in [0.5, 0.6) is 0 Å². The standard InChI is InChI=1S/C11H24N2OS/c1-4-14-7-6-13(3)11(9-12)5-8-15-10(11)2/h10H,4-9,12H2,1-3H3. The van der Waals surface area contributed by atoms with Crippen molar-refractivity contribution in [2.45, 2.75) is 31.1 Å². The summed E-state index contributed by atoms with van der Waals surface area (Å²) in [7, 11) is 2.17. The van der Waals surface area contributed by atoms with Gasteiger partial charge in [-0.3, -0.25) is 4.90 Å². The molecular formula is C11H24N2OS. The Kier molecular flexibility index (Phi) is 5.39. The molecule has 0 aliphatic carbocycles. The average molecular weight is 232 g/mol. The lowest BCUT2D eigenvalue weighted by Crippen LogP contribution is -2.56. The second-order valence-electron chi connectivity index (χ2n) is 4.19. The minimum Gasteiger partial charge on any atom is -0.380 e. The second kappa shape index (κ2) is 6.09. The van der Waals surface area contributed by atoms with Crippen molar-refractivity contribution in [1.29, 1.82) is 0 Å². The number of rotatable bonds is 6. The summed E-state index contributed by atoms with van der Waals surface area (Å²) in [5, 5.41) is 0.633. The van der Waals surface area contributed by atoms with Crippen LogP contribution < -0.4 is 5.73 Å². The van der Waals surface area contributed by atoms with Crippen molar-refractivity contribution in [3.8, 4) is 0 Å². The van der Waals surface area contributed by atoms with Gasteiger partial charge >= 0.3 is 0 Å². The third kappa shape index (κ3) is 2.87. The molecule has 1 aliphatic heterocycles. The monoisotopic (exact) mass is 232 g/mol. The first-order valence-corrected chi connectivity index (χ1v) is 6.83. The molecule has 0 amide bonds. The number of nitrogens with zero attached hydrogens (tertiary/aromatic N) is 1. The summed E-state index contributed by atoms with van der Waals surface area (Å²) in [4.78, 5) is 2.40. The maximum atomic E-state index is 5.97. The molecule has 1 aliphatic rings. The maximum absolute atomic E-state index is 5.97. The van der Waals surface area contributed by atoms with Crippen LogP contribution in [0.2, 0.25) is 0 Å². The molecule has 3 nitrogen and oxygen atoms in total. The van der Waals surface area contributed by atoms with Gasteiger partial charge in [0, 0.05) is 30.5 Å². The molecule has 2 atom stereocenters. The minimum atomic E-state index is 0.196. The zero-order valence-corrected chi connectivity index (χ0v) is 11.0. The van der Waals surface area contributed by atoms with E-state index >= 15 is 0 Å². The molecule has 1 fully saturated rings. The molecule has 0 aromatic rings. The van der Waals surface area contributed by atoms with E-state index < -0.39 is 0 Å².